The first-order valence-electron chi connectivity index (χ1n) is 7.63. The molecule has 5 nitrogen and oxygen atoms in total. The van der Waals surface area contributed by atoms with Gasteiger partial charge < -0.3 is 15.0 Å². The van der Waals surface area contributed by atoms with E-state index in [4.69, 9.17) is 4.74 Å². The van der Waals surface area contributed by atoms with E-state index in [2.05, 4.69) is 19.2 Å². The van der Waals surface area contributed by atoms with Crippen LogP contribution in [-0.2, 0) is 14.3 Å². The van der Waals surface area contributed by atoms with E-state index >= 15 is 0 Å². The van der Waals surface area contributed by atoms with Gasteiger partial charge in [-0.2, -0.15) is 0 Å². The maximum absolute atomic E-state index is 12.0. The van der Waals surface area contributed by atoms with Gasteiger partial charge in [0, 0.05) is 33.0 Å². The molecule has 1 heterocycles. The number of hydrogen-bond acceptors (Lipinski definition) is 3. The number of carbonyl (C=O) groups excluding carboxylic acids is 2. The molecule has 0 saturated carbocycles. The Bertz CT molecular complexity index is 318. The number of ether oxygens (including phenoxy) is 1. The average Bonchev–Trinajstić information content (AvgIpc) is 2.38. The zero-order chi connectivity index (χ0) is 15.0. The molecule has 1 N–H and O–H groups in total. The normalized spacial score (nSPS) is 19.2. The predicted molar refractivity (Wildman–Crippen MR) is 78.3 cm³/mol. The molecule has 0 bridgehead atoms. The Morgan fingerprint density at radius 2 is 2.15 bits per heavy atom. The second kappa shape index (κ2) is 8.95. The van der Waals surface area contributed by atoms with E-state index in [1.165, 1.54) is 13.3 Å². The molecule has 1 rings (SSSR count). The quantitative estimate of drug-likeness (QED) is 0.772. The van der Waals surface area contributed by atoms with Crippen LogP contribution in [0, 0.1) is 5.92 Å². The van der Waals surface area contributed by atoms with Gasteiger partial charge in [-0.25, -0.2) is 0 Å². The Kier molecular flexibility index (Phi) is 7.59. The largest absolute Gasteiger partial charge is 0.375 e. The monoisotopic (exact) mass is 284 g/mol. The van der Waals surface area contributed by atoms with Gasteiger partial charge in [-0.05, 0) is 12.3 Å². The summed E-state index contributed by atoms with van der Waals surface area (Å²) in [7, 11) is 0. The first-order chi connectivity index (χ1) is 9.49. The maximum atomic E-state index is 12.0. The lowest BCUT2D eigenvalue weighted by Crippen LogP contribution is -2.46. The van der Waals surface area contributed by atoms with Crippen molar-refractivity contribution in [2.45, 2.75) is 52.6 Å². The van der Waals surface area contributed by atoms with Crippen LogP contribution in [0.15, 0.2) is 0 Å². The van der Waals surface area contributed by atoms with E-state index in [1.54, 1.807) is 0 Å². The van der Waals surface area contributed by atoms with E-state index in [1.807, 2.05) is 4.90 Å². The standard InChI is InChI=1S/C15H28N2O3/c1-12(2)5-4-6-14-11-17(9-10-20-14)15(19)7-8-16-13(3)18/h12,14H,4-11H2,1-3H3,(H,16,18). The predicted octanol–water partition coefficient (Wildman–Crippen LogP) is 1.57. The van der Waals surface area contributed by atoms with Gasteiger partial charge in [0.15, 0.2) is 0 Å². The summed E-state index contributed by atoms with van der Waals surface area (Å²) in [6.45, 7) is 8.31. The molecule has 116 valence electrons. The number of hydrogen-bond donors (Lipinski definition) is 1. The first-order valence-corrected chi connectivity index (χ1v) is 7.63. The summed E-state index contributed by atoms with van der Waals surface area (Å²) in [6.07, 6.45) is 3.92. The van der Waals surface area contributed by atoms with Gasteiger partial charge >= 0.3 is 0 Å². The molecule has 5 heteroatoms. The van der Waals surface area contributed by atoms with E-state index in [9.17, 15) is 9.59 Å². The van der Waals surface area contributed by atoms with Crippen LogP contribution in [0.2, 0.25) is 0 Å². The lowest BCUT2D eigenvalue weighted by atomic mass is 10.0. The van der Waals surface area contributed by atoms with Crippen LogP contribution in [-0.4, -0.2) is 49.1 Å². The zero-order valence-corrected chi connectivity index (χ0v) is 13.0. The van der Waals surface area contributed by atoms with Gasteiger partial charge in [0.2, 0.25) is 11.8 Å². The molecule has 2 amide bonds. The molecule has 1 fully saturated rings. The van der Waals surface area contributed by atoms with E-state index in [0.717, 1.165) is 12.8 Å². The third-order valence-electron chi connectivity index (χ3n) is 3.51. The highest BCUT2D eigenvalue weighted by Gasteiger charge is 2.23. The van der Waals surface area contributed by atoms with E-state index in [0.29, 0.717) is 38.6 Å². The molecule has 1 unspecified atom stereocenters. The van der Waals surface area contributed by atoms with Crippen molar-refractivity contribution in [2.75, 3.05) is 26.2 Å². The molecule has 0 aromatic carbocycles. The Morgan fingerprint density at radius 3 is 2.80 bits per heavy atom. The van der Waals surface area contributed by atoms with Crippen LogP contribution >= 0.6 is 0 Å². The third kappa shape index (κ3) is 6.89. The van der Waals surface area contributed by atoms with Crippen LogP contribution in [0.25, 0.3) is 0 Å². The third-order valence-corrected chi connectivity index (χ3v) is 3.51. The van der Waals surface area contributed by atoms with Gasteiger partial charge in [0.1, 0.15) is 0 Å². The fraction of sp³-hybridized carbons (Fsp3) is 0.867. The maximum Gasteiger partial charge on any atom is 0.224 e. The summed E-state index contributed by atoms with van der Waals surface area (Å²) >= 11 is 0. The minimum Gasteiger partial charge on any atom is -0.375 e. The molecule has 20 heavy (non-hydrogen) atoms. The van der Waals surface area contributed by atoms with Crippen LogP contribution in [0.4, 0.5) is 0 Å². The number of nitrogens with one attached hydrogen (secondary N) is 1. The molecule has 0 aromatic rings. The summed E-state index contributed by atoms with van der Waals surface area (Å²) < 4.78 is 5.72. The lowest BCUT2D eigenvalue weighted by molar-refractivity contribution is -0.139. The first kappa shape index (κ1) is 17.0. The molecule has 0 aliphatic carbocycles. The van der Waals surface area contributed by atoms with E-state index < -0.39 is 0 Å². The number of carbonyl (C=O) groups is 2. The molecule has 1 aliphatic heterocycles. The van der Waals surface area contributed by atoms with Crippen LogP contribution < -0.4 is 5.32 Å². The second-order valence-corrected chi connectivity index (χ2v) is 5.89. The molecular formula is C15H28N2O3. The molecule has 1 aliphatic rings. The SMILES string of the molecule is CC(=O)NCCC(=O)N1CCOC(CCCC(C)C)C1. The van der Waals surface area contributed by atoms with Crippen LogP contribution in [0.5, 0.6) is 0 Å². The summed E-state index contributed by atoms with van der Waals surface area (Å²) in [6, 6.07) is 0. The summed E-state index contributed by atoms with van der Waals surface area (Å²) in [4.78, 5) is 24.7. The molecule has 1 atom stereocenters. The molecule has 1 saturated heterocycles. The van der Waals surface area contributed by atoms with Crippen molar-refractivity contribution in [3.63, 3.8) is 0 Å². The summed E-state index contributed by atoms with van der Waals surface area (Å²) in [5.74, 6) is 0.733. The topological polar surface area (TPSA) is 58.6 Å². The van der Waals surface area contributed by atoms with Crippen molar-refractivity contribution >= 4 is 11.8 Å². The van der Waals surface area contributed by atoms with Crippen LogP contribution in [0.1, 0.15) is 46.5 Å². The summed E-state index contributed by atoms with van der Waals surface area (Å²) in [5.41, 5.74) is 0. The van der Waals surface area contributed by atoms with Gasteiger partial charge in [0.05, 0.1) is 12.7 Å². The van der Waals surface area contributed by atoms with Crippen LogP contribution in [0.3, 0.4) is 0 Å². The Labute approximate surface area is 122 Å². The van der Waals surface area contributed by atoms with Gasteiger partial charge in [0.25, 0.3) is 0 Å². The van der Waals surface area contributed by atoms with Crippen molar-refractivity contribution in [3.8, 4) is 0 Å². The minimum absolute atomic E-state index is 0.0914. The van der Waals surface area contributed by atoms with Crippen molar-refractivity contribution < 1.29 is 14.3 Å². The smallest absolute Gasteiger partial charge is 0.224 e. The highest BCUT2D eigenvalue weighted by Crippen LogP contribution is 2.15. The molecular weight excluding hydrogens is 256 g/mol. The molecule has 0 spiro atoms. The van der Waals surface area contributed by atoms with Gasteiger partial charge in [-0.1, -0.05) is 26.7 Å². The van der Waals surface area contributed by atoms with E-state index in [-0.39, 0.29) is 17.9 Å². The fourth-order valence-corrected chi connectivity index (χ4v) is 2.38. The van der Waals surface area contributed by atoms with Gasteiger partial charge in [-0.3, -0.25) is 9.59 Å². The highest BCUT2D eigenvalue weighted by molar-refractivity contribution is 5.78. The Balaban J connectivity index is 2.25. The highest BCUT2D eigenvalue weighted by atomic mass is 16.5. The number of rotatable bonds is 7. The Hall–Kier alpha value is -1.10. The zero-order valence-electron chi connectivity index (χ0n) is 13.0. The fourth-order valence-electron chi connectivity index (χ4n) is 2.38. The van der Waals surface area contributed by atoms with Crippen molar-refractivity contribution in [1.29, 1.82) is 0 Å². The Morgan fingerprint density at radius 1 is 1.40 bits per heavy atom. The average molecular weight is 284 g/mol. The van der Waals surface area contributed by atoms with Crippen molar-refractivity contribution in [2.24, 2.45) is 5.92 Å². The molecule has 0 aromatic heterocycles. The van der Waals surface area contributed by atoms with Gasteiger partial charge in [-0.15, -0.1) is 0 Å². The number of morpholine rings is 1. The minimum atomic E-state index is -0.0914. The number of nitrogens with zero attached hydrogens (tertiary/aromatic N) is 1. The van der Waals surface area contributed by atoms with Crippen molar-refractivity contribution in [1.82, 2.24) is 10.2 Å². The lowest BCUT2D eigenvalue weighted by Gasteiger charge is -2.33. The van der Waals surface area contributed by atoms with Crippen molar-refractivity contribution in [3.05, 3.63) is 0 Å². The molecule has 0 radical (unpaired) electrons. The second-order valence-electron chi connectivity index (χ2n) is 5.89. The number of amides is 2. The summed E-state index contributed by atoms with van der Waals surface area (Å²) in [5, 5.41) is 2.66.